The highest BCUT2D eigenvalue weighted by Gasteiger charge is 2.50. The third kappa shape index (κ3) is 2.87. The number of carbonyl (C=O) groups excluding carboxylic acids is 1. The molecule has 4 rings (SSSR count). The summed E-state index contributed by atoms with van der Waals surface area (Å²) >= 11 is 6.39. The number of anilines is 1. The van der Waals surface area contributed by atoms with E-state index in [0.717, 1.165) is 42.2 Å². The first-order valence-electron chi connectivity index (χ1n) is 9.21. The first-order valence-corrected chi connectivity index (χ1v) is 9.59. The monoisotopic (exact) mass is 371 g/mol. The smallest absolute Gasteiger partial charge is 0.247 e. The van der Waals surface area contributed by atoms with Gasteiger partial charge < -0.3 is 10.2 Å². The molecule has 1 atom stereocenters. The van der Waals surface area contributed by atoms with Crippen LogP contribution in [0.15, 0.2) is 54.6 Å². The largest absolute Gasteiger partial charge is 0.339 e. The molecule has 26 heavy (non-hydrogen) atoms. The van der Waals surface area contributed by atoms with E-state index in [0.29, 0.717) is 6.67 Å². The van der Waals surface area contributed by atoms with Gasteiger partial charge in [-0.25, -0.2) is 0 Å². The average Bonchev–Trinajstić information content (AvgIpc) is 2.99. The fraction of sp³-hybridized carbons (Fsp3) is 0.381. The van der Waals surface area contributed by atoms with Crippen LogP contribution in [0, 0.1) is 0 Å². The molecule has 0 bridgehead atoms. The Bertz CT molecular complexity index is 793. The Kier molecular flexibility index (Phi) is 4.63. The van der Waals surface area contributed by atoms with E-state index in [9.17, 15) is 4.79 Å². The molecule has 2 aliphatic rings. The Labute approximate surface area is 161 Å². The minimum absolute atomic E-state index is 0. The molecule has 2 heterocycles. The number of halogens is 1. The number of piperidine rings is 1. The molecule has 4 nitrogen and oxygen atoms in total. The number of rotatable bonds is 3. The highest BCUT2D eigenvalue weighted by Crippen LogP contribution is 2.38. The van der Waals surface area contributed by atoms with E-state index in [4.69, 9.17) is 11.6 Å². The predicted octanol–water partition coefficient (Wildman–Crippen LogP) is 4.08. The topological polar surface area (TPSA) is 35.6 Å². The van der Waals surface area contributed by atoms with Crippen molar-refractivity contribution in [2.45, 2.75) is 31.3 Å². The molecule has 0 aliphatic carbocycles. The van der Waals surface area contributed by atoms with E-state index < -0.39 is 5.54 Å². The summed E-state index contributed by atoms with van der Waals surface area (Å²) in [5.41, 5.74) is 1.83. The third-order valence-electron chi connectivity index (χ3n) is 5.93. The van der Waals surface area contributed by atoms with E-state index in [1.165, 1.54) is 0 Å². The van der Waals surface area contributed by atoms with Crippen LogP contribution in [0.5, 0.6) is 0 Å². The van der Waals surface area contributed by atoms with Crippen molar-refractivity contribution < 1.29 is 6.22 Å². The van der Waals surface area contributed by atoms with Gasteiger partial charge in [0.15, 0.2) is 0 Å². The molecule has 0 saturated carbocycles. The zero-order chi connectivity index (χ0) is 18.1. The second-order valence-corrected chi connectivity index (χ2v) is 7.60. The Morgan fingerprint density at radius 1 is 1.08 bits per heavy atom. The van der Waals surface area contributed by atoms with Crippen molar-refractivity contribution in [1.82, 2.24) is 10.2 Å². The van der Waals surface area contributed by atoms with Gasteiger partial charge >= 0.3 is 0 Å². The van der Waals surface area contributed by atoms with Crippen molar-refractivity contribution in [2.24, 2.45) is 0 Å². The number of para-hydroxylation sites is 1. The molecular weight excluding hydrogens is 346 g/mol. The van der Waals surface area contributed by atoms with Crippen molar-refractivity contribution in [2.75, 3.05) is 24.7 Å². The van der Waals surface area contributed by atoms with Crippen molar-refractivity contribution in [3.8, 4) is 0 Å². The molecule has 2 aliphatic heterocycles. The Balaban J connectivity index is 0.00000210. The molecule has 2 saturated heterocycles. The predicted molar refractivity (Wildman–Crippen MR) is 107 cm³/mol. The van der Waals surface area contributed by atoms with Crippen LogP contribution in [0.4, 0.5) is 5.69 Å². The number of carbonyl (C=O) groups is 1. The number of nitrogens with one attached hydrogen (secondary N) is 1. The van der Waals surface area contributed by atoms with Gasteiger partial charge in [-0.15, -0.1) is 0 Å². The van der Waals surface area contributed by atoms with Crippen molar-refractivity contribution in [3.63, 3.8) is 0 Å². The molecule has 1 N–H and O–H groups in total. The van der Waals surface area contributed by atoms with Crippen LogP contribution < -0.4 is 10.2 Å². The summed E-state index contributed by atoms with van der Waals surface area (Å²) in [5.74, 6) is 0.159. The van der Waals surface area contributed by atoms with Crippen LogP contribution in [0.25, 0.3) is 0 Å². The van der Waals surface area contributed by atoms with Gasteiger partial charge in [-0.05, 0) is 43.5 Å². The second-order valence-electron chi connectivity index (χ2n) is 7.19. The normalized spacial score (nSPS) is 21.0. The average molecular weight is 372 g/mol. The number of likely N-dealkylation sites (tertiary alicyclic amines) is 1. The number of hydrogen-bond acceptors (Lipinski definition) is 3. The van der Waals surface area contributed by atoms with Crippen LogP contribution in [0.2, 0.25) is 5.02 Å². The van der Waals surface area contributed by atoms with E-state index in [1.54, 1.807) is 0 Å². The molecule has 1 spiro atoms. The summed E-state index contributed by atoms with van der Waals surface area (Å²) in [6.45, 7) is 4.54. The zero-order valence-electron chi connectivity index (χ0n) is 15.0. The lowest BCUT2D eigenvalue weighted by atomic mass is 9.84. The fourth-order valence-corrected chi connectivity index (χ4v) is 4.62. The number of amides is 1. The van der Waals surface area contributed by atoms with Crippen LogP contribution in [-0.4, -0.2) is 36.1 Å². The van der Waals surface area contributed by atoms with Gasteiger partial charge in [0.1, 0.15) is 5.54 Å². The Morgan fingerprint density at radius 3 is 2.42 bits per heavy atom. The van der Waals surface area contributed by atoms with Crippen molar-refractivity contribution >= 4 is 23.2 Å². The van der Waals surface area contributed by atoms with Gasteiger partial charge in [-0.3, -0.25) is 9.69 Å². The first kappa shape index (κ1) is 17.4. The number of benzene rings is 2. The van der Waals surface area contributed by atoms with Crippen LogP contribution in [0.3, 0.4) is 0 Å². The summed E-state index contributed by atoms with van der Waals surface area (Å²) in [7, 11) is 0. The maximum Gasteiger partial charge on any atom is 0.247 e. The summed E-state index contributed by atoms with van der Waals surface area (Å²) in [4.78, 5) is 17.4. The summed E-state index contributed by atoms with van der Waals surface area (Å²) in [6.07, 6.45) is 1.64. The van der Waals surface area contributed by atoms with Crippen molar-refractivity contribution in [3.05, 3.63) is 65.2 Å². The molecule has 2 aromatic carbocycles. The van der Waals surface area contributed by atoms with E-state index in [1.807, 2.05) is 36.4 Å². The SMILES string of the molecule is CC(c1ccccc1Cl)N1CCC2(CC1)C(=O)NCN2c1ccccc1.[HH]. The standard InChI is InChI=1S/C21H24ClN3O.H2/c1-16(18-9-5-6-10-19(18)22)24-13-11-21(12-14-24)20(26)23-15-25(21)17-7-3-2-4-8-17;/h2-10,16H,11-15H2,1H3,(H,23,26);1H. The highest BCUT2D eigenvalue weighted by molar-refractivity contribution is 6.31. The third-order valence-corrected chi connectivity index (χ3v) is 6.28. The summed E-state index contributed by atoms with van der Waals surface area (Å²) in [6, 6.07) is 18.5. The van der Waals surface area contributed by atoms with Crippen LogP contribution >= 0.6 is 11.6 Å². The Morgan fingerprint density at radius 2 is 1.73 bits per heavy atom. The van der Waals surface area contributed by atoms with E-state index in [-0.39, 0.29) is 13.4 Å². The zero-order valence-corrected chi connectivity index (χ0v) is 15.7. The van der Waals surface area contributed by atoms with Crippen LogP contribution in [0.1, 0.15) is 32.8 Å². The highest BCUT2D eigenvalue weighted by atomic mass is 35.5. The van der Waals surface area contributed by atoms with E-state index in [2.05, 4.69) is 40.2 Å². The quantitative estimate of drug-likeness (QED) is 0.883. The molecule has 1 unspecified atom stereocenters. The molecule has 138 valence electrons. The van der Waals surface area contributed by atoms with Crippen molar-refractivity contribution in [1.29, 1.82) is 0 Å². The second kappa shape index (κ2) is 6.93. The van der Waals surface area contributed by atoms with Gasteiger partial charge in [-0.2, -0.15) is 0 Å². The molecule has 5 heteroatoms. The molecule has 2 aromatic rings. The lowest BCUT2D eigenvalue weighted by Crippen LogP contribution is -2.56. The van der Waals surface area contributed by atoms with Crippen LogP contribution in [-0.2, 0) is 4.79 Å². The number of hydrogen-bond donors (Lipinski definition) is 1. The maximum absolute atomic E-state index is 12.7. The Hall–Kier alpha value is -2.04. The molecule has 2 fully saturated rings. The molecule has 1 amide bonds. The van der Waals surface area contributed by atoms with Gasteiger partial charge in [0.2, 0.25) is 5.91 Å². The molecular formula is C21H26ClN3O. The summed E-state index contributed by atoms with van der Waals surface area (Å²) in [5, 5.41) is 3.87. The molecule has 0 aromatic heterocycles. The minimum Gasteiger partial charge on any atom is -0.339 e. The number of nitrogens with zero attached hydrogens (tertiary/aromatic N) is 2. The van der Waals surface area contributed by atoms with Gasteiger partial charge in [0.05, 0.1) is 6.67 Å². The lowest BCUT2D eigenvalue weighted by molar-refractivity contribution is -0.125. The maximum atomic E-state index is 12.7. The van der Waals surface area contributed by atoms with E-state index >= 15 is 0 Å². The van der Waals surface area contributed by atoms with Gasteiger partial charge in [0, 0.05) is 31.3 Å². The minimum atomic E-state index is -0.432. The van der Waals surface area contributed by atoms with Gasteiger partial charge in [-0.1, -0.05) is 48.0 Å². The fourth-order valence-electron chi connectivity index (χ4n) is 4.32. The summed E-state index contributed by atoms with van der Waals surface area (Å²) < 4.78 is 0. The lowest BCUT2D eigenvalue weighted by Gasteiger charge is -2.45. The molecule has 0 radical (unpaired) electrons. The first-order chi connectivity index (χ1) is 12.6. The van der Waals surface area contributed by atoms with Gasteiger partial charge in [0.25, 0.3) is 0 Å².